The quantitative estimate of drug-likeness (QED) is 0.467. The molecule has 168 valence electrons. The minimum Gasteiger partial charge on any atom is -0.338 e. The topological polar surface area (TPSA) is 88.9 Å². The number of hydrogen-bond donors (Lipinski definition) is 2. The van der Waals surface area contributed by atoms with Crippen molar-refractivity contribution in [3.8, 4) is 11.4 Å². The van der Waals surface area contributed by atoms with E-state index in [1.807, 2.05) is 30.5 Å². The van der Waals surface area contributed by atoms with Gasteiger partial charge < -0.3 is 5.32 Å². The van der Waals surface area contributed by atoms with E-state index < -0.39 is 11.3 Å². The van der Waals surface area contributed by atoms with Crippen molar-refractivity contribution in [2.24, 2.45) is 5.92 Å². The maximum atomic E-state index is 12.4. The number of carbonyl (C=O) groups is 2. The number of carbonyl (C=O) groups excluding carboxylic acids is 2. The average Bonchev–Trinajstić information content (AvgIpc) is 3.08. The van der Waals surface area contributed by atoms with Crippen LogP contribution in [0.3, 0.4) is 0 Å². The van der Waals surface area contributed by atoms with Crippen LogP contribution in [0.4, 0.5) is 4.79 Å². The van der Waals surface area contributed by atoms with Gasteiger partial charge in [-0.1, -0.05) is 76.7 Å². The summed E-state index contributed by atoms with van der Waals surface area (Å²) in [5.74, 6) is 0.640. The first-order valence-corrected chi connectivity index (χ1v) is 11.3. The van der Waals surface area contributed by atoms with Gasteiger partial charge in [-0.25, -0.2) is 4.79 Å². The lowest BCUT2D eigenvalue weighted by molar-refractivity contribution is -0.119. The average molecular weight is 444 g/mol. The number of hydrogen-bond acceptors (Lipinski definition) is 5. The molecule has 3 amide bonds. The molecule has 2 N–H and O–H groups in total. The standard InChI is InChI=1S/C23H33N5O2S/c1-8-13-28-19(17-9-11-18(12-10-17)23(5,6)7)26-27-22(28)31-16(4)20(29)25-21(30)24-14-15(2)3/h8-12,15-16H,1,13-14H2,2-7H3,(H2,24,25,29,30). The minimum absolute atomic E-state index is 0.0680. The van der Waals surface area contributed by atoms with Gasteiger partial charge in [0.15, 0.2) is 11.0 Å². The normalized spacial score (nSPS) is 12.5. The first-order valence-electron chi connectivity index (χ1n) is 10.4. The highest BCUT2D eigenvalue weighted by Gasteiger charge is 2.22. The fraction of sp³-hybridized carbons (Fsp3) is 0.478. The number of allylic oxidation sites excluding steroid dienone is 1. The van der Waals surface area contributed by atoms with Gasteiger partial charge in [0.25, 0.3) is 0 Å². The Balaban J connectivity index is 2.15. The number of rotatable bonds is 8. The van der Waals surface area contributed by atoms with Crippen LogP contribution in [0.2, 0.25) is 0 Å². The summed E-state index contributed by atoms with van der Waals surface area (Å²) < 4.78 is 1.92. The summed E-state index contributed by atoms with van der Waals surface area (Å²) >= 11 is 1.26. The van der Waals surface area contributed by atoms with Crippen LogP contribution < -0.4 is 10.6 Å². The van der Waals surface area contributed by atoms with Gasteiger partial charge in [-0.05, 0) is 23.8 Å². The number of benzene rings is 1. The molecular formula is C23H33N5O2S. The highest BCUT2D eigenvalue weighted by atomic mass is 32.2. The first kappa shape index (κ1) is 24.7. The number of urea groups is 1. The van der Waals surface area contributed by atoms with E-state index in [-0.39, 0.29) is 11.3 Å². The molecule has 0 radical (unpaired) electrons. The smallest absolute Gasteiger partial charge is 0.321 e. The lowest BCUT2D eigenvalue weighted by Gasteiger charge is -2.19. The van der Waals surface area contributed by atoms with Crippen molar-refractivity contribution in [2.75, 3.05) is 6.54 Å². The van der Waals surface area contributed by atoms with Crippen molar-refractivity contribution in [3.05, 3.63) is 42.5 Å². The SMILES string of the molecule is C=CCn1c(SC(C)C(=O)NC(=O)NCC(C)C)nnc1-c1ccc(C(C)(C)C)cc1. The van der Waals surface area contributed by atoms with Crippen LogP contribution in [0.5, 0.6) is 0 Å². The predicted octanol–water partition coefficient (Wildman–Crippen LogP) is 4.39. The van der Waals surface area contributed by atoms with Crippen molar-refractivity contribution in [1.29, 1.82) is 0 Å². The van der Waals surface area contributed by atoms with E-state index >= 15 is 0 Å². The van der Waals surface area contributed by atoms with Crippen molar-refractivity contribution in [2.45, 2.75) is 63.9 Å². The molecule has 0 fully saturated rings. The molecule has 0 saturated heterocycles. The van der Waals surface area contributed by atoms with E-state index in [0.29, 0.717) is 30.0 Å². The van der Waals surface area contributed by atoms with Gasteiger partial charge in [0.05, 0.1) is 5.25 Å². The number of nitrogens with zero attached hydrogens (tertiary/aromatic N) is 3. The summed E-state index contributed by atoms with van der Waals surface area (Å²) in [4.78, 5) is 24.3. The van der Waals surface area contributed by atoms with Crippen molar-refractivity contribution in [1.82, 2.24) is 25.4 Å². The number of imide groups is 1. The van der Waals surface area contributed by atoms with Crippen LogP contribution in [0.1, 0.15) is 47.1 Å². The van der Waals surface area contributed by atoms with E-state index in [0.717, 1.165) is 5.56 Å². The maximum Gasteiger partial charge on any atom is 0.321 e. The zero-order valence-electron chi connectivity index (χ0n) is 19.2. The Morgan fingerprint density at radius 2 is 1.81 bits per heavy atom. The van der Waals surface area contributed by atoms with Gasteiger partial charge in [0.1, 0.15) is 0 Å². The second-order valence-electron chi connectivity index (χ2n) is 8.89. The van der Waals surface area contributed by atoms with Crippen LogP contribution in [-0.4, -0.2) is 38.5 Å². The molecule has 0 aliphatic heterocycles. The maximum absolute atomic E-state index is 12.4. The van der Waals surface area contributed by atoms with E-state index in [1.165, 1.54) is 17.3 Å². The summed E-state index contributed by atoms with van der Waals surface area (Å²) in [6.45, 7) is 17.1. The van der Waals surface area contributed by atoms with Gasteiger partial charge in [0, 0.05) is 18.7 Å². The molecule has 1 heterocycles. The second kappa shape index (κ2) is 10.6. The third-order valence-corrected chi connectivity index (χ3v) is 5.68. The molecule has 8 heteroatoms. The predicted molar refractivity (Wildman–Crippen MR) is 126 cm³/mol. The Morgan fingerprint density at radius 3 is 2.35 bits per heavy atom. The Hall–Kier alpha value is -2.61. The van der Waals surface area contributed by atoms with Crippen LogP contribution in [0.15, 0.2) is 42.1 Å². The number of nitrogens with one attached hydrogen (secondary N) is 2. The molecule has 1 aromatic carbocycles. The van der Waals surface area contributed by atoms with E-state index in [9.17, 15) is 9.59 Å². The summed E-state index contributed by atoms with van der Waals surface area (Å²) in [5, 5.41) is 13.8. The highest BCUT2D eigenvalue weighted by molar-refractivity contribution is 8.00. The van der Waals surface area contributed by atoms with E-state index in [2.05, 4.69) is 60.3 Å². The molecule has 0 spiro atoms. The Kier molecular flexibility index (Phi) is 8.44. The molecule has 0 saturated carbocycles. The monoisotopic (exact) mass is 443 g/mol. The molecule has 1 atom stereocenters. The largest absolute Gasteiger partial charge is 0.338 e. The third kappa shape index (κ3) is 6.95. The van der Waals surface area contributed by atoms with Crippen LogP contribution >= 0.6 is 11.8 Å². The van der Waals surface area contributed by atoms with Crippen LogP contribution in [-0.2, 0) is 16.8 Å². The van der Waals surface area contributed by atoms with Crippen molar-refractivity contribution in [3.63, 3.8) is 0 Å². The molecule has 0 bridgehead atoms. The van der Waals surface area contributed by atoms with Gasteiger partial charge in [-0.3, -0.25) is 14.7 Å². The number of aromatic nitrogens is 3. The van der Waals surface area contributed by atoms with Gasteiger partial charge in [0.2, 0.25) is 5.91 Å². The van der Waals surface area contributed by atoms with E-state index in [4.69, 9.17) is 0 Å². The molecular weight excluding hydrogens is 410 g/mol. The lowest BCUT2D eigenvalue weighted by Crippen LogP contribution is -2.43. The Morgan fingerprint density at radius 1 is 1.16 bits per heavy atom. The minimum atomic E-state index is -0.520. The van der Waals surface area contributed by atoms with Crippen LogP contribution in [0, 0.1) is 5.92 Å². The number of amides is 3. The molecule has 2 aromatic rings. The van der Waals surface area contributed by atoms with Gasteiger partial charge >= 0.3 is 6.03 Å². The third-order valence-electron chi connectivity index (χ3n) is 4.60. The summed E-state index contributed by atoms with van der Waals surface area (Å²) in [6, 6.07) is 7.78. The van der Waals surface area contributed by atoms with Gasteiger partial charge in [-0.15, -0.1) is 16.8 Å². The Bertz CT molecular complexity index is 913. The fourth-order valence-corrected chi connectivity index (χ4v) is 3.63. The lowest BCUT2D eigenvalue weighted by atomic mass is 9.87. The first-order chi connectivity index (χ1) is 14.5. The molecule has 1 unspecified atom stereocenters. The molecule has 2 rings (SSSR count). The summed E-state index contributed by atoms with van der Waals surface area (Å²) in [7, 11) is 0. The summed E-state index contributed by atoms with van der Waals surface area (Å²) in [6.07, 6.45) is 1.77. The molecule has 7 nitrogen and oxygen atoms in total. The Labute approximate surface area is 189 Å². The molecule has 31 heavy (non-hydrogen) atoms. The number of thioether (sulfide) groups is 1. The molecule has 0 aliphatic carbocycles. The zero-order valence-corrected chi connectivity index (χ0v) is 20.0. The highest BCUT2D eigenvalue weighted by Crippen LogP contribution is 2.29. The van der Waals surface area contributed by atoms with Crippen LogP contribution in [0.25, 0.3) is 11.4 Å². The molecule has 0 aliphatic rings. The molecule has 1 aromatic heterocycles. The second-order valence-corrected chi connectivity index (χ2v) is 10.2. The zero-order chi connectivity index (χ0) is 23.2. The van der Waals surface area contributed by atoms with Gasteiger partial charge in [-0.2, -0.15) is 0 Å². The summed E-state index contributed by atoms with van der Waals surface area (Å²) in [5.41, 5.74) is 2.25. The van der Waals surface area contributed by atoms with E-state index in [1.54, 1.807) is 13.0 Å². The fourth-order valence-electron chi connectivity index (χ4n) is 2.77. The van der Waals surface area contributed by atoms with Crippen molar-refractivity contribution >= 4 is 23.7 Å². The van der Waals surface area contributed by atoms with Crippen molar-refractivity contribution < 1.29 is 9.59 Å².